The Morgan fingerprint density at radius 1 is 1.29 bits per heavy atom. The van der Waals surface area contributed by atoms with Crippen molar-refractivity contribution in [2.24, 2.45) is 0 Å². The molecule has 0 aliphatic heterocycles. The molecule has 1 aromatic carbocycles. The van der Waals surface area contributed by atoms with Gasteiger partial charge in [-0.1, -0.05) is 6.07 Å². The van der Waals surface area contributed by atoms with Gasteiger partial charge in [0.25, 0.3) is 5.91 Å². The Morgan fingerprint density at radius 2 is 2.05 bits per heavy atom. The number of hydrogen-bond donors (Lipinski definition) is 1. The fourth-order valence-corrected chi connectivity index (χ4v) is 2.05. The van der Waals surface area contributed by atoms with Crippen molar-refractivity contribution < 1.29 is 4.79 Å². The van der Waals surface area contributed by atoms with E-state index in [0.717, 1.165) is 11.4 Å². The van der Waals surface area contributed by atoms with E-state index in [1.807, 2.05) is 45.9 Å². The third-order valence-corrected chi connectivity index (χ3v) is 3.45. The van der Waals surface area contributed by atoms with Gasteiger partial charge < -0.3 is 5.32 Å². The van der Waals surface area contributed by atoms with Gasteiger partial charge in [0.2, 0.25) is 0 Å². The third kappa shape index (κ3) is 3.65. The van der Waals surface area contributed by atoms with Crippen LogP contribution in [-0.2, 0) is 6.42 Å². The summed E-state index contributed by atoms with van der Waals surface area (Å²) in [6.45, 7) is 8.59. The summed E-state index contributed by atoms with van der Waals surface area (Å²) in [5.74, 6) is 0.715. The van der Waals surface area contributed by atoms with Crippen molar-refractivity contribution in [2.75, 3.05) is 6.54 Å². The summed E-state index contributed by atoms with van der Waals surface area (Å²) >= 11 is 0. The zero-order chi connectivity index (χ0) is 15.4. The molecule has 0 fully saturated rings. The van der Waals surface area contributed by atoms with E-state index in [1.165, 1.54) is 5.56 Å². The first-order chi connectivity index (χ1) is 9.99. The summed E-state index contributed by atoms with van der Waals surface area (Å²) in [5, 5.41) is 14.5. The van der Waals surface area contributed by atoms with Gasteiger partial charge in [-0.25, -0.2) is 4.68 Å². The van der Waals surface area contributed by atoms with Crippen LogP contribution in [0.5, 0.6) is 0 Å². The molecule has 1 heterocycles. The van der Waals surface area contributed by atoms with Crippen LogP contribution in [0.15, 0.2) is 18.2 Å². The highest BCUT2D eigenvalue weighted by Gasteiger charge is 2.10. The number of carbonyl (C=O) groups is 1. The predicted molar refractivity (Wildman–Crippen MR) is 80.2 cm³/mol. The molecule has 1 aromatic heterocycles. The topological polar surface area (TPSA) is 72.7 Å². The summed E-state index contributed by atoms with van der Waals surface area (Å²) in [6.07, 6.45) is 0.613. The maximum absolute atomic E-state index is 12.1. The molecule has 21 heavy (non-hydrogen) atoms. The Balaban J connectivity index is 1.92. The zero-order valence-corrected chi connectivity index (χ0v) is 12.9. The Hall–Kier alpha value is -2.24. The molecule has 0 spiro atoms. The number of tetrazole rings is 1. The maximum Gasteiger partial charge on any atom is 0.251 e. The van der Waals surface area contributed by atoms with Gasteiger partial charge in [0.1, 0.15) is 0 Å². The molecule has 0 radical (unpaired) electrons. The maximum atomic E-state index is 12.1. The first-order valence-electron chi connectivity index (χ1n) is 7.11. The molecule has 0 bridgehead atoms. The van der Waals surface area contributed by atoms with Crippen LogP contribution in [0.3, 0.4) is 0 Å². The summed E-state index contributed by atoms with van der Waals surface area (Å²) in [4.78, 5) is 12.1. The summed E-state index contributed by atoms with van der Waals surface area (Å²) in [7, 11) is 0. The lowest BCUT2D eigenvalue weighted by Crippen LogP contribution is -2.26. The van der Waals surface area contributed by atoms with Gasteiger partial charge >= 0.3 is 0 Å². The lowest BCUT2D eigenvalue weighted by Gasteiger charge is -2.09. The molecule has 0 unspecified atom stereocenters. The van der Waals surface area contributed by atoms with Crippen LogP contribution in [0.25, 0.3) is 0 Å². The minimum absolute atomic E-state index is 0.0679. The van der Waals surface area contributed by atoms with Crippen molar-refractivity contribution in [3.05, 3.63) is 40.7 Å². The quantitative estimate of drug-likeness (QED) is 0.910. The fourth-order valence-electron chi connectivity index (χ4n) is 2.05. The SMILES string of the molecule is Cc1ccc(C(=O)NCCc2nnnn2C(C)C)cc1C. The van der Waals surface area contributed by atoms with Gasteiger partial charge in [0.15, 0.2) is 5.82 Å². The smallest absolute Gasteiger partial charge is 0.251 e. The summed E-state index contributed by atoms with van der Waals surface area (Å²) < 4.78 is 1.77. The van der Waals surface area contributed by atoms with E-state index in [2.05, 4.69) is 20.8 Å². The lowest BCUT2D eigenvalue weighted by molar-refractivity contribution is 0.0953. The normalized spacial score (nSPS) is 10.9. The molecule has 2 rings (SSSR count). The molecule has 6 heteroatoms. The number of aromatic nitrogens is 4. The number of benzene rings is 1. The first-order valence-corrected chi connectivity index (χ1v) is 7.11. The average Bonchev–Trinajstić information content (AvgIpc) is 2.90. The number of rotatable bonds is 5. The van der Waals surface area contributed by atoms with Gasteiger partial charge in [0, 0.05) is 18.5 Å². The second-order valence-corrected chi connectivity index (χ2v) is 5.44. The number of carbonyl (C=O) groups excluding carboxylic acids is 1. The zero-order valence-electron chi connectivity index (χ0n) is 12.9. The predicted octanol–water partition coefficient (Wildman–Crippen LogP) is 1.84. The van der Waals surface area contributed by atoms with E-state index in [4.69, 9.17) is 0 Å². The van der Waals surface area contributed by atoms with E-state index in [1.54, 1.807) is 4.68 Å². The van der Waals surface area contributed by atoms with Crippen LogP contribution in [0.4, 0.5) is 0 Å². The molecule has 0 saturated heterocycles. The molecule has 112 valence electrons. The van der Waals surface area contributed by atoms with Gasteiger partial charge in [-0.05, 0) is 61.4 Å². The van der Waals surface area contributed by atoms with Crippen LogP contribution < -0.4 is 5.32 Å². The molecule has 1 amide bonds. The summed E-state index contributed by atoms with van der Waals surface area (Å²) in [6, 6.07) is 5.92. The number of nitrogens with zero attached hydrogens (tertiary/aromatic N) is 4. The Labute approximate surface area is 124 Å². The van der Waals surface area contributed by atoms with Gasteiger partial charge in [0.05, 0.1) is 6.04 Å². The van der Waals surface area contributed by atoms with Crippen LogP contribution in [-0.4, -0.2) is 32.7 Å². The van der Waals surface area contributed by atoms with Crippen molar-refractivity contribution >= 4 is 5.91 Å². The van der Waals surface area contributed by atoms with E-state index >= 15 is 0 Å². The molecular weight excluding hydrogens is 266 g/mol. The fraction of sp³-hybridized carbons (Fsp3) is 0.467. The van der Waals surface area contributed by atoms with Crippen molar-refractivity contribution in [1.29, 1.82) is 0 Å². The van der Waals surface area contributed by atoms with E-state index in [9.17, 15) is 4.79 Å². The molecule has 0 saturated carbocycles. The molecule has 1 N–H and O–H groups in total. The lowest BCUT2D eigenvalue weighted by atomic mass is 10.1. The van der Waals surface area contributed by atoms with Crippen molar-refractivity contribution in [1.82, 2.24) is 25.5 Å². The number of aryl methyl sites for hydroxylation is 2. The number of amides is 1. The van der Waals surface area contributed by atoms with Crippen LogP contribution >= 0.6 is 0 Å². The van der Waals surface area contributed by atoms with Gasteiger partial charge in [-0.15, -0.1) is 5.10 Å². The highest BCUT2D eigenvalue weighted by Crippen LogP contribution is 2.09. The van der Waals surface area contributed by atoms with E-state index in [-0.39, 0.29) is 11.9 Å². The highest BCUT2D eigenvalue weighted by atomic mass is 16.1. The van der Waals surface area contributed by atoms with Gasteiger partial charge in [-0.2, -0.15) is 0 Å². The van der Waals surface area contributed by atoms with Crippen LogP contribution in [0.1, 0.15) is 47.2 Å². The van der Waals surface area contributed by atoms with Crippen molar-refractivity contribution in [3.8, 4) is 0 Å². The molecule has 0 atom stereocenters. The number of nitrogens with one attached hydrogen (secondary N) is 1. The largest absolute Gasteiger partial charge is 0.352 e. The molecule has 0 aliphatic rings. The minimum Gasteiger partial charge on any atom is -0.352 e. The second-order valence-electron chi connectivity index (χ2n) is 5.44. The average molecular weight is 287 g/mol. The molecule has 6 nitrogen and oxygen atoms in total. The Bertz CT molecular complexity index is 633. The Morgan fingerprint density at radius 3 is 2.71 bits per heavy atom. The van der Waals surface area contributed by atoms with E-state index in [0.29, 0.717) is 18.5 Å². The molecule has 2 aromatic rings. The molecular formula is C15H21N5O. The number of hydrogen-bond acceptors (Lipinski definition) is 4. The van der Waals surface area contributed by atoms with Crippen molar-refractivity contribution in [2.45, 2.75) is 40.2 Å². The third-order valence-electron chi connectivity index (χ3n) is 3.45. The van der Waals surface area contributed by atoms with Crippen LogP contribution in [0, 0.1) is 13.8 Å². The monoisotopic (exact) mass is 287 g/mol. The second kappa shape index (κ2) is 6.47. The molecule has 0 aliphatic carbocycles. The van der Waals surface area contributed by atoms with Crippen LogP contribution in [0.2, 0.25) is 0 Å². The van der Waals surface area contributed by atoms with Gasteiger partial charge in [-0.3, -0.25) is 4.79 Å². The standard InChI is InChI=1S/C15H21N5O/c1-10(2)20-14(17-18-19-20)7-8-16-15(21)13-6-5-11(3)12(4)9-13/h5-6,9-10H,7-8H2,1-4H3,(H,16,21). The highest BCUT2D eigenvalue weighted by molar-refractivity contribution is 5.94. The minimum atomic E-state index is -0.0679. The Kier molecular flexibility index (Phi) is 4.67. The van der Waals surface area contributed by atoms with E-state index < -0.39 is 0 Å². The first kappa shape index (κ1) is 15.2. The van der Waals surface area contributed by atoms with Crippen molar-refractivity contribution in [3.63, 3.8) is 0 Å². The summed E-state index contributed by atoms with van der Waals surface area (Å²) in [5.41, 5.74) is 2.98.